The van der Waals surface area contributed by atoms with Crippen LogP contribution in [0.15, 0.2) is 27.9 Å². The summed E-state index contributed by atoms with van der Waals surface area (Å²) in [6.07, 6.45) is 0. The number of nitrogen functional groups attached to an aromatic ring is 2. The summed E-state index contributed by atoms with van der Waals surface area (Å²) >= 11 is 1.20. The van der Waals surface area contributed by atoms with Crippen molar-refractivity contribution in [3.63, 3.8) is 0 Å². The number of ketones is 1. The Hall–Kier alpha value is -2.81. The second-order valence-electron chi connectivity index (χ2n) is 5.63. The van der Waals surface area contributed by atoms with Crippen LogP contribution in [0, 0.1) is 20.8 Å². The zero-order valence-corrected chi connectivity index (χ0v) is 14.9. The van der Waals surface area contributed by atoms with Gasteiger partial charge in [-0.15, -0.1) is 0 Å². The number of carbonyl (C=O) groups excluding carboxylic acids is 1. The molecule has 25 heavy (non-hydrogen) atoms. The molecular formula is C16H18N6O2S. The van der Waals surface area contributed by atoms with Crippen LogP contribution in [0.2, 0.25) is 0 Å². The lowest BCUT2D eigenvalue weighted by Crippen LogP contribution is -2.07. The highest BCUT2D eigenvalue weighted by Crippen LogP contribution is 2.23. The molecule has 0 bridgehead atoms. The van der Waals surface area contributed by atoms with E-state index in [1.807, 2.05) is 37.5 Å². The number of thioether (sulfide) groups is 1. The number of nitrogens with zero attached hydrogens (tertiary/aromatic N) is 4. The van der Waals surface area contributed by atoms with Gasteiger partial charge in [-0.05, 0) is 26.8 Å². The average molecular weight is 358 g/mol. The second kappa shape index (κ2) is 6.60. The summed E-state index contributed by atoms with van der Waals surface area (Å²) in [5.74, 6) is 2.08. The Bertz CT molecular complexity index is 926. The van der Waals surface area contributed by atoms with Gasteiger partial charge in [-0.25, -0.2) is 9.97 Å². The highest BCUT2D eigenvalue weighted by atomic mass is 32.2. The Labute approximate surface area is 148 Å². The Balaban J connectivity index is 1.81. The Kier molecular flexibility index (Phi) is 4.49. The van der Waals surface area contributed by atoms with E-state index >= 15 is 0 Å². The molecule has 9 heteroatoms. The summed E-state index contributed by atoms with van der Waals surface area (Å²) in [6, 6.07) is 5.14. The van der Waals surface area contributed by atoms with Crippen molar-refractivity contribution in [2.75, 3.05) is 17.2 Å². The van der Waals surface area contributed by atoms with Crippen molar-refractivity contribution in [3.8, 4) is 5.82 Å². The number of hydrogen-bond acceptors (Lipinski definition) is 8. The van der Waals surface area contributed by atoms with E-state index in [4.69, 9.17) is 16.0 Å². The molecule has 0 saturated carbocycles. The van der Waals surface area contributed by atoms with Crippen LogP contribution in [0.1, 0.15) is 27.5 Å². The third-order valence-corrected chi connectivity index (χ3v) is 4.50. The molecule has 0 saturated heterocycles. The van der Waals surface area contributed by atoms with Gasteiger partial charge < -0.3 is 16.0 Å². The normalized spacial score (nSPS) is 11.0. The van der Waals surface area contributed by atoms with Gasteiger partial charge >= 0.3 is 0 Å². The molecule has 0 spiro atoms. The molecule has 3 rings (SSSR count). The molecule has 0 atom stereocenters. The number of Topliss-reactive ketones (excluding diaryl/α,β-unsaturated/α-hetero) is 1. The van der Waals surface area contributed by atoms with Crippen molar-refractivity contribution in [3.05, 3.63) is 40.9 Å². The predicted molar refractivity (Wildman–Crippen MR) is 96.0 cm³/mol. The van der Waals surface area contributed by atoms with Crippen molar-refractivity contribution in [2.45, 2.75) is 25.9 Å². The number of aryl methyl sites for hydroxylation is 2. The van der Waals surface area contributed by atoms with Crippen LogP contribution in [0.3, 0.4) is 0 Å². The van der Waals surface area contributed by atoms with Gasteiger partial charge in [0.05, 0.1) is 5.75 Å². The van der Waals surface area contributed by atoms with Gasteiger partial charge in [0.2, 0.25) is 0 Å². The quantitative estimate of drug-likeness (QED) is 0.404. The lowest BCUT2D eigenvalue weighted by atomic mass is 10.2. The minimum absolute atomic E-state index is 0.0332. The van der Waals surface area contributed by atoms with Crippen LogP contribution in [-0.2, 0) is 0 Å². The number of anilines is 2. The summed E-state index contributed by atoms with van der Waals surface area (Å²) in [7, 11) is 0. The van der Waals surface area contributed by atoms with E-state index in [0.29, 0.717) is 22.3 Å². The SMILES string of the molecule is Cc1cc(-n2c(C)cc(C(=O)CSc3nc(N)cc(N)n3)c2C)no1. The first-order chi connectivity index (χ1) is 11.8. The maximum atomic E-state index is 12.6. The van der Waals surface area contributed by atoms with E-state index in [1.54, 1.807) is 0 Å². The Morgan fingerprint density at radius 1 is 1.16 bits per heavy atom. The zero-order valence-electron chi connectivity index (χ0n) is 14.1. The second-order valence-corrected chi connectivity index (χ2v) is 6.57. The first-order valence-electron chi connectivity index (χ1n) is 7.54. The first-order valence-corrected chi connectivity index (χ1v) is 8.52. The van der Waals surface area contributed by atoms with Crippen LogP contribution in [0.25, 0.3) is 5.82 Å². The van der Waals surface area contributed by atoms with Crippen LogP contribution in [0.5, 0.6) is 0 Å². The van der Waals surface area contributed by atoms with Crippen molar-refractivity contribution >= 4 is 29.2 Å². The summed E-state index contributed by atoms with van der Waals surface area (Å²) in [4.78, 5) is 20.7. The van der Waals surface area contributed by atoms with Gasteiger partial charge in [-0.3, -0.25) is 9.36 Å². The fraction of sp³-hybridized carbons (Fsp3) is 0.250. The maximum Gasteiger partial charge on any atom is 0.191 e. The van der Waals surface area contributed by atoms with Crippen molar-refractivity contribution in [1.82, 2.24) is 19.7 Å². The van der Waals surface area contributed by atoms with Crippen LogP contribution >= 0.6 is 11.8 Å². The summed E-state index contributed by atoms with van der Waals surface area (Å²) in [6.45, 7) is 5.62. The van der Waals surface area contributed by atoms with Crippen LogP contribution < -0.4 is 11.5 Å². The van der Waals surface area contributed by atoms with E-state index in [9.17, 15) is 4.79 Å². The fourth-order valence-electron chi connectivity index (χ4n) is 2.59. The molecule has 0 amide bonds. The van der Waals surface area contributed by atoms with Crippen molar-refractivity contribution in [1.29, 1.82) is 0 Å². The highest BCUT2D eigenvalue weighted by Gasteiger charge is 2.19. The van der Waals surface area contributed by atoms with E-state index in [-0.39, 0.29) is 23.2 Å². The molecule has 0 aliphatic carbocycles. The highest BCUT2D eigenvalue weighted by molar-refractivity contribution is 7.99. The molecule has 0 aromatic carbocycles. The lowest BCUT2D eigenvalue weighted by molar-refractivity contribution is 0.102. The molecule has 4 N–H and O–H groups in total. The molecule has 8 nitrogen and oxygen atoms in total. The fourth-order valence-corrected chi connectivity index (χ4v) is 3.35. The molecule has 0 aliphatic heterocycles. The van der Waals surface area contributed by atoms with Gasteiger partial charge in [0.1, 0.15) is 17.4 Å². The van der Waals surface area contributed by atoms with E-state index in [0.717, 1.165) is 11.4 Å². The number of aromatic nitrogens is 4. The molecular weight excluding hydrogens is 340 g/mol. The average Bonchev–Trinajstić information content (AvgIpc) is 3.07. The van der Waals surface area contributed by atoms with Gasteiger partial charge in [0.15, 0.2) is 16.8 Å². The van der Waals surface area contributed by atoms with Gasteiger partial charge in [-0.1, -0.05) is 16.9 Å². The van der Waals surface area contributed by atoms with E-state index in [2.05, 4.69) is 15.1 Å². The third kappa shape index (κ3) is 3.50. The largest absolute Gasteiger partial charge is 0.383 e. The first kappa shape index (κ1) is 17.0. The van der Waals surface area contributed by atoms with E-state index < -0.39 is 0 Å². The molecule has 0 unspecified atom stereocenters. The predicted octanol–water partition coefficient (Wildman–Crippen LogP) is 2.32. The Morgan fingerprint density at radius 2 is 1.84 bits per heavy atom. The molecule has 0 radical (unpaired) electrons. The lowest BCUT2D eigenvalue weighted by Gasteiger charge is -2.05. The molecule has 130 valence electrons. The molecule has 0 fully saturated rings. The molecule has 3 heterocycles. The van der Waals surface area contributed by atoms with Crippen molar-refractivity contribution in [2.24, 2.45) is 0 Å². The number of rotatable bonds is 5. The molecule has 3 aromatic heterocycles. The molecule has 3 aromatic rings. The summed E-state index contributed by atoms with van der Waals surface area (Å²) in [5.41, 5.74) is 13.6. The monoisotopic (exact) mass is 358 g/mol. The zero-order chi connectivity index (χ0) is 18.1. The molecule has 0 aliphatic rings. The van der Waals surface area contributed by atoms with E-state index in [1.165, 1.54) is 17.8 Å². The summed E-state index contributed by atoms with van der Waals surface area (Å²) < 4.78 is 7.02. The van der Waals surface area contributed by atoms with Crippen molar-refractivity contribution < 1.29 is 9.32 Å². The number of hydrogen-bond donors (Lipinski definition) is 2. The maximum absolute atomic E-state index is 12.6. The van der Waals surface area contributed by atoms with Gasteiger partial charge in [0, 0.05) is 29.1 Å². The van der Waals surface area contributed by atoms with Gasteiger partial charge in [0.25, 0.3) is 0 Å². The Morgan fingerprint density at radius 3 is 2.44 bits per heavy atom. The van der Waals surface area contributed by atoms with Gasteiger partial charge in [-0.2, -0.15) is 0 Å². The summed E-state index contributed by atoms with van der Waals surface area (Å²) in [5, 5.41) is 4.40. The van der Waals surface area contributed by atoms with Crippen LogP contribution in [0.4, 0.5) is 11.6 Å². The standard InChI is InChI=1S/C16H18N6O2S/c1-8-4-11(10(3)22(8)15-5-9(2)24-21-15)12(23)7-25-16-19-13(17)6-14(18)20-16/h4-6H,7H2,1-3H3,(H4,17,18,19,20). The smallest absolute Gasteiger partial charge is 0.191 e. The topological polar surface area (TPSA) is 126 Å². The number of nitrogens with two attached hydrogens (primary N) is 2. The minimum Gasteiger partial charge on any atom is -0.383 e. The third-order valence-electron chi connectivity index (χ3n) is 3.65. The van der Waals surface area contributed by atoms with Crippen LogP contribution in [-0.4, -0.2) is 31.2 Å². The number of carbonyl (C=O) groups is 1. The minimum atomic E-state index is -0.0332.